The summed E-state index contributed by atoms with van der Waals surface area (Å²) < 4.78 is 48.2. The van der Waals surface area contributed by atoms with Crippen LogP contribution in [0.5, 0.6) is 0 Å². The maximum atomic E-state index is 12.1. The molecule has 0 bridgehead atoms. The summed E-state index contributed by atoms with van der Waals surface area (Å²) in [6, 6.07) is -0.997. The van der Waals surface area contributed by atoms with Crippen LogP contribution in [0.2, 0.25) is 0 Å². The van der Waals surface area contributed by atoms with Gasteiger partial charge in [0.25, 0.3) is 7.82 Å². The predicted octanol–water partition coefficient (Wildman–Crippen LogP) is 0.548. The van der Waals surface area contributed by atoms with Crippen LogP contribution in [-0.2, 0) is 42.1 Å². The van der Waals surface area contributed by atoms with E-state index >= 15 is 0 Å². The number of methoxy groups -OCH3 is 1. The number of hydrogen-bond acceptors (Lipinski definition) is 10. The van der Waals surface area contributed by atoms with Gasteiger partial charge in [-0.05, 0) is 27.7 Å². The Bertz CT molecular complexity index is 532. The molecule has 1 aliphatic rings. The average molecular weight is 437 g/mol. The average Bonchev–Trinajstić information content (AvgIpc) is 2.87. The fourth-order valence-corrected chi connectivity index (χ4v) is 3.47. The van der Waals surface area contributed by atoms with Crippen molar-refractivity contribution in [1.82, 2.24) is 0 Å². The zero-order valence-corrected chi connectivity index (χ0v) is 18.5. The summed E-state index contributed by atoms with van der Waals surface area (Å²) in [7, 11) is 2.97. The second-order valence-electron chi connectivity index (χ2n) is 7.00. The summed E-state index contributed by atoms with van der Waals surface area (Å²) in [5, 5.41) is 0. The zero-order valence-electron chi connectivity index (χ0n) is 17.6. The third kappa shape index (κ3) is 10.4. The van der Waals surface area contributed by atoms with Crippen LogP contribution in [0.15, 0.2) is 0 Å². The molecule has 12 heteroatoms. The minimum absolute atomic E-state index is 0.0144. The molecule has 0 aliphatic carbocycles. The standard InChI is InChI=1S/C17H32BO10P/c1-11(2)25-15-13(10-24-29(20,21)28-12(3)4)26-17(18)16(15)27-14(19)6-7-23-9-8-22-5/h11-13,15-17H,6-10H2,1-5H3,(H,20,21)/p-1/t13-,15+,16?,17-/m1/s1. The van der Waals surface area contributed by atoms with E-state index in [9.17, 15) is 14.3 Å². The van der Waals surface area contributed by atoms with Gasteiger partial charge in [-0.3, -0.25) is 9.36 Å². The first kappa shape index (κ1) is 26.5. The van der Waals surface area contributed by atoms with E-state index < -0.39 is 44.2 Å². The maximum absolute atomic E-state index is 12.1. The van der Waals surface area contributed by atoms with Crippen LogP contribution in [0.1, 0.15) is 34.1 Å². The Morgan fingerprint density at radius 3 is 2.41 bits per heavy atom. The Hall–Kier alpha value is -0.515. The molecule has 2 radical (unpaired) electrons. The van der Waals surface area contributed by atoms with Gasteiger partial charge < -0.3 is 37.6 Å². The molecule has 0 spiro atoms. The Morgan fingerprint density at radius 2 is 1.83 bits per heavy atom. The summed E-state index contributed by atoms with van der Waals surface area (Å²) in [6.07, 6.45) is -3.38. The van der Waals surface area contributed by atoms with Gasteiger partial charge in [-0.15, -0.1) is 0 Å². The van der Waals surface area contributed by atoms with E-state index in [1.54, 1.807) is 34.8 Å². The number of carbonyl (C=O) groups is 1. The van der Waals surface area contributed by atoms with Crippen molar-refractivity contribution < 1.29 is 47.0 Å². The van der Waals surface area contributed by atoms with Crippen LogP contribution in [0.3, 0.4) is 0 Å². The second kappa shape index (κ2) is 13.0. The number of ether oxygens (including phenoxy) is 5. The minimum atomic E-state index is -4.51. The molecular formula is C17H31BO10P-. The van der Waals surface area contributed by atoms with Crippen molar-refractivity contribution >= 4 is 21.6 Å². The smallest absolute Gasteiger partial charge is 0.308 e. The molecule has 10 nitrogen and oxygen atoms in total. The highest BCUT2D eigenvalue weighted by molar-refractivity contribution is 7.45. The number of hydrogen-bond donors (Lipinski definition) is 0. The summed E-state index contributed by atoms with van der Waals surface area (Å²) in [6.45, 7) is 7.26. The molecule has 1 heterocycles. The highest BCUT2D eigenvalue weighted by atomic mass is 31.2. The number of phosphoric acid groups is 1. The fourth-order valence-electron chi connectivity index (χ4n) is 2.57. The van der Waals surface area contributed by atoms with E-state index in [1.165, 1.54) is 0 Å². The van der Waals surface area contributed by atoms with E-state index in [1.807, 2.05) is 0 Å². The van der Waals surface area contributed by atoms with Crippen LogP contribution >= 0.6 is 7.82 Å². The monoisotopic (exact) mass is 437 g/mol. The van der Waals surface area contributed by atoms with Crippen molar-refractivity contribution in [2.24, 2.45) is 0 Å². The van der Waals surface area contributed by atoms with Gasteiger partial charge in [0.15, 0.2) is 0 Å². The Labute approximate surface area is 173 Å². The molecule has 0 aromatic carbocycles. The number of rotatable bonds is 14. The van der Waals surface area contributed by atoms with Crippen LogP contribution in [-0.4, -0.2) is 83.9 Å². The lowest BCUT2D eigenvalue weighted by Gasteiger charge is -2.29. The SMILES string of the molecule is [B][C@@H]1O[C@H](COP(=O)([O-])OC(C)C)[C@H](OC(C)C)C1OC(=O)CCOCCOC. The highest BCUT2D eigenvalue weighted by Crippen LogP contribution is 2.41. The molecule has 1 saturated heterocycles. The van der Waals surface area contributed by atoms with Gasteiger partial charge in [-0.2, -0.15) is 0 Å². The Kier molecular flexibility index (Phi) is 11.9. The first-order chi connectivity index (χ1) is 13.6. The van der Waals surface area contributed by atoms with Crippen LogP contribution in [0.25, 0.3) is 0 Å². The Balaban J connectivity index is 2.64. The molecule has 2 unspecified atom stereocenters. The van der Waals surface area contributed by atoms with Gasteiger partial charge in [0, 0.05) is 7.11 Å². The molecule has 0 amide bonds. The summed E-state index contributed by atoms with van der Waals surface area (Å²) in [5.41, 5.74) is 0. The summed E-state index contributed by atoms with van der Waals surface area (Å²) in [4.78, 5) is 23.9. The van der Waals surface area contributed by atoms with E-state index in [-0.39, 0.29) is 25.7 Å². The van der Waals surface area contributed by atoms with E-state index in [0.29, 0.717) is 13.2 Å². The maximum Gasteiger partial charge on any atom is 0.308 e. The van der Waals surface area contributed by atoms with E-state index in [0.717, 1.165) is 0 Å². The number of carbonyl (C=O) groups excluding carboxylic acids is 1. The molecule has 1 rings (SSSR count). The van der Waals surface area contributed by atoms with E-state index in [2.05, 4.69) is 0 Å². The molecule has 5 atom stereocenters. The molecule has 29 heavy (non-hydrogen) atoms. The lowest BCUT2D eigenvalue weighted by atomic mass is 9.92. The van der Waals surface area contributed by atoms with Crippen molar-refractivity contribution in [1.29, 1.82) is 0 Å². The van der Waals surface area contributed by atoms with Gasteiger partial charge in [0.2, 0.25) is 0 Å². The first-order valence-corrected chi connectivity index (χ1v) is 11.0. The van der Waals surface area contributed by atoms with Gasteiger partial charge in [0.1, 0.15) is 26.2 Å². The molecule has 168 valence electrons. The topological polar surface area (TPSA) is 122 Å². The lowest BCUT2D eigenvalue weighted by molar-refractivity contribution is -0.231. The fraction of sp³-hybridized carbons (Fsp3) is 0.941. The molecule has 0 saturated carbocycles. The molecule has 0 N–H and O–H groups in total. The van der Waals surface area contributed by atoms with Gasteiger partial charge in [0.05, 0.1) is 51.1 Å². The van der Waals surface area contributed by atoms with Crippen LogP contribution in [0.4, 0.5) is 0 Å². The zero-order chi connectivity index (χ0) is 22.0. The van der Waals surface area contributed by atoms with Gasteiger partial charge >= 0.3 is 5.97 Å². The van der Waals surface area contributed by atoms with E-state index in [4.69, 9.17) is 40.6 Å². The molecule has 0 aromatic rings. The van der Waals surface area contributed by atoms with Crippen LogP contribution in [0, 0.1) is 0 Å². The minimum Gasteiger partial charge on any atom is -0.756 e. The first-order valence-electron chi connectivity index (χ1n) is 9.52. The van der Waals surface area contributed by atoms with Crippen molar-refractivity contribution in [3.63, 3.8) is 0 Å². The van der Waals surface area contributed by atoms with Crippen molar-refractivity contribution in [3.8, 4) is 0 Å². The van der Waals surface area contributed by atoms with Crippen molar-refractivity contribution in [3.05, 3.63) is 0 Å². The number of esters is 1. The third-order valence-corrected chi connectivity index (χ3v) is 4.81. The normalized spacial score (nSPS) is 26.8. The molecule has 0 aromatic heterocycles. The number of phosphoric ester groups is 1. The summed E-state index contributed by atoms with van der Waals surface area (Å²) in [5.74, 6) is -0.539. The second-order valence-corrected chi connectivity index (χ2v) is 8.36. The molecule has 1 fully saturated rings. The van der Waals surface area contributed by atoms with Crippen molar-refractivity contribution in [2.45, 2.75) is 70.6 Å². The Morgan fingerprint density at radius 1 is 1.14 bits per heavy atom. The lowest BCUT2D eigenvalue weighted by Crippen LogP contribution is -2.42. The highest BCUT2D eigenvalue weighted by Gasteiger charge is 2.46. The molecular weight excluding hydrogens is 406 g/mol. The molecule has 1 aliphatic heterocycles. The largest absolute Gasteiger partial charge is 0.756 e. The van der Waals surface area contributed by atoms with Crippen LogP contribution < -0.4 is 4.89 Å². The third-order valence-electron chi connectivity index (χ3n) is 3.66. The van der Waals surface area contributed by atoms with Gasteiger partial charge in [-0.1, -0.05) is 0 Å². The van der Waals surface area contributed by atoms with Gasteiger partial charge in [-0.25, -0.2) is 0 Å². The summed E-state index contributed by atoms with van der Waals surface area (Å²) >= 11 is 0. The van der Waals surface area contributed by atoms with Crippen molar-refractivity contribution in [2.75, 3.05) is 33.5 Å². The predicted molar refractivity (Wildman–Crippen MR) is 101 cm³/mol. The quantitative estimate of drug-likeness (QED) is 0.165.